The fraction of sp³-hybridized carbons (Fsp3) is 0.421. The number of aryl methyl sites for hydroxylation is 2. The molecule has 2 aliphatic heterocycles. The smallest absolute Gasteiger partial charge is 0.332 e. The maximum atomic E-state index is 13.0. The van der Waals surface area contributed by atoms with E-state index in [2.05, 4.69) is 36.4 Å². The lowest BCUT2D eigenvalue weighted by Gasteiger charge is -2.22. The highest BCUT2D eigenvalue weighted by Gasteiger charge is 2.25. The van der Waals surface area contributed by atoms with Gasteiger partial charge in [-0.05, 0) is 49.2 Å². The average molecular weight is 850 g/mol. The third-order valence-electron chi connectivity index (χ3n) is 10.5. The number of hydrogen-bond acceptors (Lipinski definition) is 10. The molecule has 2 saturated heterocycles. The number of nitrogens with zero attached hydrogens (tertiary/aromatic N) is 10. The van der Waals surface area contributed by atoms with Crippen LogP contribution in [0.2, 0.25) is 5.02 Å². The summed E-state index contributed by atoms with van der Waals surface area (Å²) in [4.78, 5) is 64.7. The minimum atomic E-state index is -0.385. The van der Waals surface area contributed by atoms with Crippen LogP contribution in [-0.4, -0.2) is 89.7 Å². The summed E-state index contributed by atoms with van der Waals surface area (Å²) in [5.41, 5.74) is 2.20. The van der Waals surface area contributed by atoms with E-state index in [1.54, 1.807) is 14.1 Å². The van der Waals surface area contributed by atoms with E-state index in [4.69, 9.17) is 21.6 Å². The average Bonchev–Trinajstić information content (AvgIpc) is 3.46. The molecule has 8 rings (SSSR count). The number of imidazole rings is 2. The molecule has 2 N–H and O–H groups in total. The van der Waals surface area contributed by atoms with Crippen molar-refractivity contribution >= 4 is 61.8 Å². The Morgan fingerprint density at radius 1 is 0.607 bits per heavy atom. The maximum absolute atomic E-state index is 13.0. The molecule has 0 spiro atoms. The molecule has 2 aromatic carbocycles. The molecule has 6 heterocycles. The Morgan fingerprint density at radius 3 is 1.54 bits per heavy atom. The number of anilines is 2. The van der Waals surface area contributed by atoms with Crippen LogP contribution in [0.5, 0.6) is 0 Å². The SMILES string of the molecule is Cn1c(=O)c2c(nc(N3CCCNCC3)n2Cc2ccccc2Br)n(C)c1=O.Cn1c(=O)c2c(nc(N3CCCNCC3)n2Cc2ccccc2Cl)n(C)c1=O. The van der Waals surface area contributed by atoms with Crippen molar-refractivity contribution in [3.63, 3.8) is 0 Å². The molecular weight excluding hydrogens is 804 g/mol. The van der Waals surface area contributed by atoms with Crippen molar-refractivity contribution in [1.82, 2.24) is 48.0 Å². The number of nitrogens with one attached hydrogen (secondary N) is 2. The van der Waals surface area contributed by atoms with E-state index in [9.17, 15) is 19.2 Å². The van der Waals surface area contributed by atoms with Crippen LogP contribution in [0.1, 0.15) is 24.0 Å². The molecule has 296 valence electrons. The molecule has 18 heteroatoms. The molecule has 6 aromatic rings. The molecule has 16 nitrogen and oxygen atoms in total. The van der Waals surface area contributed by atoms with Gasteiger partial charge in [-0.15, -0.1) is 0 Å². The minimum absolute atomic E-state index is 0.322. The highest BCUT2D eigenvalue weighted by atomic mass is 79.9. The monoisotopic (exact) mass is 848 g/mol. The number of hydrogen-bond donors (Lipinski definition) is 2. The van der Waals surface area contributed by atoms with Crippen LogP contribution in [0.25, 0.3) is 22.3 Å². The van der Waals surface area contributed by atoms with Gasteiger partial charge in [0, 0.05) is 77.0 Å². The molecule has 0 saturated carbocycles. The molecule has 0 aliphatic carbocycles. The predicted octanol–water partition coefficient (Wildman–Crippen LogP) is 1.98. The van der Waals surface area contributed by atoms with Crippen molar-refractivity contribution in [2.45, 2.75) is 25.9 Å². The number of benzene rings is 2. The van der Waals surface area contributed by atoms with Gasteiger partial charge in [-0.25, -0.2) is 9.59 Å². The zero-order valence-electron chi connectivity index (χ0n) is 32.0. The van der Waals surface area contributed by atoms with Gasteiger partial charge in [0.25, 0.3) is 11.1 Å². The summed E-state index contributed by atoms with van der Waals surface area (Å²) in [5.74, 6) is 1.42. The van der Waals surface area contributed by atoms with Gasteiger partial charge in [-0.3, -0.25) is 37.0 Å². The summed E-state index contributed by atoms with van der Waals surface area (Å²) in [5, 5.41) is 7.41. The molecule has 0 amide bonds. The lowest BCUT2D eigenvalue weighted by atomic mass is 10.2. The van der Waals surface area contributed by atoms with Gasteiger partial charge in [0.1, 0.15) is 0 Å². The van der Waals surface area contributed by atoms with E-state index < -0.39 is 0 Å². The van der Waals surface area contributed by atoms with E-state index in [1.165, 1.54) is 23.2 Å². The molecule has 0 bridgehead atoms. The van der Waals surface area contributed by atoms with Crippen LogP contribution in [0.3, 0.4) is 0 Å². The Bertz CT molecular complexity index is 2460. The summed E-state index contributed by atoms with van der Waals surface area (Å²) in [6.07, 6.45) is 1.97. The summed E-state index contributed by atoms with van der Waals surface area (Å²) < 4.78 is 9.97. The summed E-state index contributed by atoms with van der Waals surface area (Å²) in [6.45, 7) is 7.75. The Hall–Kier alpha value is -4.97. The second-order valence-corrected chi connectivity index (χ2v) is 15.4. The quantitative estimate of drug-likeness (QED) is 0.255. The van der Waals surface area contributed by atoms with Crippen molar-refractivity contribution in [1.29, 1.82) is 0 Å². The van der Waals surface area contributed by atoms with Crippen molar-refractivity contribution in [2.24, 2.45) is 28.2 Å². The Morgan fingerprint density at radius 2 is 1.05 bits per heavy atom. The first-order valence-electron chi connectivity index (χ1n) is 18.7. The predicted molar refractivity (Wildman–Crippen MR) is 224 cm³/mol. The molecular formula is C38H46BrClN12O4. The molecule has 4 aromatic heterocycles. The number of aromatic nitrogens is 8. The van der Waals surface area contributed by atoms with Gasteiger partial charge in [-0.2, -0.15) is 9.97 Å². The van der Waals surface area contributed by atoms with Crippen LogP contribution in [0, 0.1) is 0 Å². The minimum Gasteiger partial charge on any atom is -0.341 e. The zero-order chi connectivity index (χ0) is 39.7. The van der Waals surface area contributed by atoms with E-state index >= 15 is 0 Å². The fourth-order valence-electron chi connectivity index (χ4n) is 7.34. The molecule has 2 aliphatic rings. The number of rotatable bonds is 6. The summed E-state index contributed by atoms with van der Waals surface area (Å²) >= 11 is 9.99. The first-order valence-corrected chi connectivity index (χ1v) is 19.9. The Balaban J connectivity index is 0.000000172. The van der Waals surface area contributed by atoms with Crippen LogP contribution in [0.15, 0.2) is 72.2 Å². The summed E-state index contributed by atoms with van der Waals surface area (Å²) in [7, 11) is 6.31. The first-order chi connectivity index (χ1) is 27.0. The van der Waals surface area contributed by atoms with Gasteiger partial charge in [-0.1, -0.05) is 63.9 Å². The molecule has 0 unspecified atom stereocenters. The van der Waals surface area contributed by atoms with Gasteiger partial charge in [0.2, 0.25) is 11.9 Å². The largest absolute Gasteiger partial charge is 0.341 e. The molecule has 56 heavy (non-hydrogen) atoms. The van der Waals surface area contributed by atoms with Crippen LogP contribution in [0.4, 0.5) is 11.9 Å². The second-order valence-electron chi connectivity index (χ2n) is 14.1. The standard InChI is InChI=1S/C19H23BrN6O2.C19H23ClN6O2/c2*1-23-16-15(17(27)24(2)19(23)28)26(12-13-6-3-4-7-14(13)20)18(22-16)25-10-5-8-21-9-11-25/h2*3-4,6-7,21H,5,8-12H2,1-2H3. The van der Waals surface area contributed by atoms with Crippen molar-refractivity contribution in [2.75, 3.05) is 62.2 Å². The van der Waals surface area contributed by atoms with Crippen molar-refractivity contribution in [3.8, 4) is 0 Å². The zero-order valence-corrected chi connectivity index (χ0v) is 34.3. The Kier molecular flexibility index (Phi) is 11.7. The van der Waals surface area contributed by atoms with Crippen LogP contribution in [-0.2, 0) is 41.3 Å². The lowest BCUT2D eigenvalue weighted by Crippen LogP contribution is -2.37. The number of halogens is 2. The number of fused-ring (bicyclic) bond motifs is 2. The van der Waals surface area contributed by atoms with Gasteiger partial charge >= 0.3 is 11.4 Å². The molecule has 2 fully saturated rings. The topological polar surface area (TPSA) is 154 Å². The van der Waals surface area contributed by atoms with E-state index in [0.29, 0.717) is 46.4 Å². The maximum Gasteiger partial charge on any atom is 0.332 e. The van der Waals surface area contributed by atoms with E-state index in [1.807, 2.05) is 57.7 Å². The van der Waals surface area contributed by atoms with Gasteiger partial charge < -0.3 is 20.4 Å². The van der Waals surface area contributed by atoms with Gasteiger partial charge in [0.15, 0.2) is 22.3 Å². The highest BCUT2D eigenvalue weighted by molar-refractivity contribution is 9.10. The van der Waals surface area contributed by atoms with Crippen LogP contribution < -0.4 is 42.9 Å². The third kappa shape index (κ3) is 7.47. The molecule has 0 radical (unpaired) electrons. The van der Waals surface area contributed by atoms with E-state index in [-0.39, 0.29) is 22.5 Å². The summed E-state index contributed by atoms with van der Waals surface area (Å²) in [6, 6.07) is 15.5. The first kappa shape index (κ1) is 39.3. The van der Waals surface area contributed by atoms with Crippen molar-refractivity contribution < 1.29 is 0 Å². The lowest BCUT2D eigenvalue weighted by molar-refractivity contribution is 0.699. The molecule has 0 atom stereocenters. The van der Waals surface area contributed by atoms with Crippen LogP contribution >= 0.6 is 27.5 Å². The normalized spacial score (nSPS) is 15.2. The third-order valence-corrected chi connectivity index (χ3v) is 11.6. The second kappa shape index (κ2) is 16.6. The van der Waals surface area contributed by atoms with Crippen molar-refractivity contribution in [3.05, 3.63) is 111 Å². The Labute approximate surface area is 335 Å². The van der Waals surface area contributed by atoms with E-state index in [0.717, 1.165) is 95.9 Å². The fourth-order valence-corrected chi connectivity index (χ4v) is 7.94. The van der Waals surface area contributed by atoms with Gasteiger partial charge in [0.05, 0.1) is 13.1 Å². The highest BCUT2D eigenvalue weighted by Crippen LogP contribution is 2.26.